The van der Waals surface area contributed by atoms with E-state index in [0.717, 1.165) is 60.2 Å². The molecule has 4 heteroatoms. The van der Waals surface area contributed by atoms with Crippen LogP contribution in [0, 0.1) is 46.3 Å². The first kappa shape index (κ1) is 25.5. The monoisotopic (exact) mass is 476 g/mol. The van der Waals surface area contributed by atoms with Crippen LogP contribution >= 0.6 is 0 Å². The van der Waals surface area contributed by atoms with Crippen molar-refractivity contribution < 1.29 is 12.6 Å². The second kappa shape index (κ2) is 9.45. The number of fused-ring (bicyclic) bond motifs is 5. The molecule has 33 heavy (non-hydrogen) atoms. The van der Waals surface area contributed by atoms with Crippen LogP contribution in [0.2, 0.25) is 0 Å². The maximum atomic E-state index is 11.9. The third kappa shape index (κ3) is 4.77. The van der Waals surface area contributed by atoms with E-state index in [4.69, 9.17) is 4.18 Å². The summed E-state index contributed by atoms with van der Waals surface area (Å²) < 4.78 is 29.3. The Morgan fingerprint density at radius 1 is 1.09 bits per heavy atom. The molecule has 3 fully saturated rings. The largest absolute Gasteiger partial charge is 0.289 e. The molecule has 188 valence electrons. The summed E-state index contributed by atoms with van der Waals surface area (Å²) in [5.74, 6) is 4.98. The van der Waals surface area contributed by atoms with Crippen LogP contribution < -0.4 is 0 Å². The smallest absolute Gasteiger partial charge is 0.263 e. The zero-order valence-electron chi connectivity index (χ0n) is 21.8. The highest BCUT2D eigenvalue weighted by atomic mass is 32.2. The van der Waals surface area contributed by atoms with Gasteiger partial charge in [0, 0.05) is 0 Å². The first-order chi connectivity index (χ1) is 15.5. The lowest BCUT2D eigenvalue weighted by molar-refractivity contribution is -0.0556. The molecule has 0 aliphatic heterocycles. The fourth-order valence-electron chi connectivity index (χ4n) is 8.96. The van der Waals surface area contributed by atoms with Gasteiger partial charge < -0.3 is 0 Å². The van der Waals surface area contributed by atoms with Gasteiger partial charge in [-0.15, -0.1) is 0 Å². The van der Waals surface area contributed by atoms with Crippen molar-refractivity contribution in [2.45, 2.75) is 111 Å². The predicted octanol–water partition coefficient (Wildman–Crippen LogP) is 7.89. The molecule has 4 aliphatic carbocycles. The topological polar surface area (TPSA) is 43.4 Å². The Labute approximate surface area is 204 Å². The standard InChI is InChI=1S/C29H48O3S/c1-7-33(30,31)32-23-15-17-28(5)22(19-23)11-12-24-26-14-13-25(21(4)10-8-9-20(2)3)29(26,6)18-16-27(24)28/h7,11,20-21,23-27H,1,8-10,12-19H2,2-6H3/t21-,23+,24+,25-,26+,27+,28+,29-/m1/s1. The highest BCUT2D eigenvalue weighted by Crippen LogP contribution is 2.67. The second-order valence-electron chi connectivity index (χ2n) is 12.9. The summed E-state index contributed by atoms with van der Waals surface area (Å²) >= 11 is 0. The van der Waals surface area contributed by atoms with Gasteiger partial charge in [-0.05, 0) is 97.7 Å². The van der Waals surface area contributed by atoms with E-state index in [0.29, 0.717) is 5.41 Å². The van der Waals surface area contributed by atoms with Crippen molar-refractivity contribution >= 4 is 10.1 Å². The Bertz CT molecular complexity index is 858. The van der Waals surface area contributed by atoms with Crippen LogP contribution in [0.5, 0.6) is 0 Å². The summed E-state index contributed by atoms with van der Waals surface area (Å²) in [4.78, 5) is 0. The molecule has 4 rings (SSSR count). The lowest BCUT2D eigenvalue weighted by Gasteiger charge is -2.58. The molecule has 3 nitrogen and oxygen atoms in total. The highest BCUT2D eigenvalue weighted by Gasteiger charge is 2.59. The van der Waals surface area contributed by atoms with E-state index >= 15 is 0 Å². The van der Waals surface area contributed by atoms with Gasteiger partial charge in [0.05, 0.1) is 11.5 Å². The summed E-state index contributed by atoms with van der Waals surface area (Å²) in [5, 5.41) is 0.939. The molecule has 0 aromatic carbocycles. The lowest BCUT2D eigenvalue weighted by atomic mass is 9.47. The fraction of sp³-hybridized carbons (Fsp3) is 0.862. The first-order valence-corrected chi connectivity index (χ1v) is 15.2. The number of hydrogen-bond acceptors (Lipinski definition) is 3. The summed E-state index contributed by atoms with van der Waals surface area (Å²) in [5.41, 5.74) is 2.21. The van der Waals surface area contributed by atoms with Gasteiger partial charge in [0.25, 0.3) is 10.1 Å². The Balaban J connectivity index is 1.47. The maximum Gasteiger partial charge on any atom is 0.289 e. The number of hydrogen-bond donors (Lipinski definition) is 0. The van der Waals surface area contributed by atoms with Crippen molar-refractivity contribution in [1.29, 1.82) is 0 Å². The van der Waals surface area contributed by atoms with Crippen LogP contribution in [0.25, 0.3) is 0 Å². The SMILES string of the molecule is C=CS(=O)(=O)O[C@H]1CC[C@@]2(C)C(=CC[C@H]3[C@@H]4CC[C@H]([C@H](C)CCCC(C)C)[C@@]4(C)CC[C@@H]32)C1. The maximum absolute atomic E-state index is 11.9. The normalized spacial score (nSPS) is 41.6. The van der Waals surface area contributed by atoms with Gasteiger partial charge in [0.15, 0.2) is 0 Å². The van der Waals surface area contributed by atoms with Crippen molar-refractivity contribution in [3.05, 3.63) is 23.6 Å². The van der Waals surface area contributed by atoms with E-state index in [9.17, 15) is 8.42 Å². The van der Waals surface area contributed by atoms with Crippen LogP contribution in [0.15, 0.2) is 23.6 Å². The molecule has 0 spiro atoms. The molecular formula is C29H48O3S. The quantitative estimate of drug-likeness (QED) is 0.264. The Hall–Kier alpha value is -0.610. The molecule has 0 heterocycles. The zero-order chi connectivity index (χ0) is 24.0. The van der Waals surface area contributed by atoms with Crippen molar-refractivity contribution in [3.8, 4) is 0 Å². The van der Waals surface area contributed by atoms with Gasteiger partial charge in [-0.1, -0.05) is 72.1 Å². The molecule has 0 aromatic rings. The third-order valence-corrected chi connectivity index (χ3v) is 11.7. The summed E-state index contributed by atoms with van der Waals surface area (Å²) in [7, 11) is -3.61. The van der Waals surface area contributed by atoms with Crippen molar-refractivity contribution in [1.82, 2.24) is 0 Å². The molecule has 8 atom stereocenters. The number of allylic oxidation sites excluding steroid dienone is 1. The number of rotatable bonds is 8. The third-order valence-electron chi connectivity index (χ3n) is 10.7. The van der Waals surface area contributed by atoms with Crippen LogP contribution in [-0.2, 0) is 14.3 Å². The molecule has 4 aliphatic rings. The van der Waals surface area contributed by atoms with Crippen molar-refractivity contribution in [2.24, 2.45) is 46.3 Å². The molecule has 0 amide bonds. The molecule has 0 bridgehead atoms. The van der Waals surface area contributed by atoms with Gasteiger partial charge in [-0.2, -0.15) is 8.42 Å². The summed E-state index contributed by atoms with van der Waals surface area (Å²) in [6.07, 6.45) is 15.8. The zero-order valence-corrected chi connectivity index (χ0v) is 22.6. The van der Waals surface area contributed by atoms with Crippen LogP contribution in [0.3, 0.4) is 0 Å². The second-order valence-corrected chi connectivity index (χ2v) is 14.4. The van der Waals surface area contributed by atoms with E-state index in [-0.39, 0.29) is 11.5 Å². The molecule has 0 radical (unpaired) electrons. The molecule has 0 N–H and O–H groups in total. The van der Waals surface area contributed by atoms with E-state index in [1.165, 1.54) is 56.9 Å². The van der Waals surface area contributed by atoms with E-state index in [2.05, 4.69) is 47.3 Å². The van der Waals surface area contributed by atoms with Gasteiger partial charge in [-0.25, -0.2) is 0 Å². The minimum Gasteiger partial charge on any atom is -0.263 e. The van der Waals surface area contributed by atoms with Crippen molar-refractivity contribution in [2.75, 3.05) is 0 Å². The average molecular weight is 477 g/mol. The predicted molar refractivity (Wildman–Crippen MR) is 137 cm³/mol. The highest BCUT2D eigenvalue weighted by molar-refractivity contribution is 7.89. The minimum atomic E-state index is -3.61. The van der Waals surface area contributed by atoms with Crippen LogP contribution in [-0.4, -0.2) is 14.5 Å². The lowest BCUT2D eigenvalue weighted by Crippen LogP contribution is -2.51. The van der Waals surface area contributed by atoms with Crippen molar-refractivity contribution in [3.63, 3.8) is 0 Å². The summed E-state index contributed by atoms with van der Waals surface area (Å²) in [6, 6.07) is 0. The molecule has 3 saturated carbocycles. The van der Waals surface area contributed by atoms with Crippen LogP contribution in [0.4, 0.5) is 0 Å². The summed E-state index contributed by atoms with van der Waals surface area (Å²) in [6.45, 7) is 15.8. The van der Waals surface area contributed by atoms with Gasteiger partial charge in [0.1, 0.15) is 0 Å². The Morgan fingerprint density at radius 3 is 2.55 bits per heavy atom. The minimum absolute atomic E-state index is 0.222. The molecular weight excluding hydrogens is 428 g/mol. The molecule has 0 saturated heterocycles. The van der Waals surface area contributed by atoms with Gasteiger partial charge in [-0.3, -0.25) is 4.18 Å². The fourth-order valence-corrected chi connectivity index (χ4v) is 9.59. The Kier molecular flexibility index (Phi) is 7.30. The average Bonchev–Trinajstić information content (AvgIpc) is 3.11. The molecule has 0 unspecified atom stereocenters. The first-order valence-electron chi connectivity index (χ1n) is 13.8. The Morgan fingerprint density at radius 2 is 1.85 bits per heavy atom. The van der Waals surface area contributed by atoms with Gasteiger partial charge in [0.2, 0.25) is 0 Å². The van der Waals surface area contributed by atoms with Crippen LogP contribution in [0.1, 0.15) is 105 Å². The van der Waals surface area contributed by atoms with Gasteiger partial charge >= 0.3 is 0 Å². The van der Waals surface area contributed by atoms with E-state index < -0.39 is 10.1 Å². The molecule has 0 aromatic heterocycles. The van der Waals surface area contributed by atoms with E-state index in [1.54, 1.807) is 0 Å². The van der Waals surface area contributed by atoms with E-state index in [1.807, 2.05) is 0 Å².